The van der Waals surface area contributed by atoms with Crippen molar-refractivity contribution in [1.29, 1.82) is 0 Å². The van der Waals surface area contributed by atoms with E-state index in [1.807, 2.05) is 0 Å². The van der Waals surface area contributed by atoms with Crippen molar-refractivity contribution < 1.29 is 31.1 Å². The summed E-state index contributed by atoms with van der Waals surface area (Å²) in [7, 11) is 0. The van der Waals surface area contributed by atoms with Crippen molar-refractivity contribution in [2.45, 2.75) is 50.1 Å². The van der Waals surface area contributed by atoms with Crippen LogP contribution in [0.5, 0.6) is 0 Å². The molecule has 146 valence electrons. The summed E-state index contributed by atoms with van der Waals surface area (Å²) in [6.07, 6.45) is -9.92. The molecule has 27 heavy (non-hydrogen) atoms. The average Bonchev–Trinajstić information content (AvgIpc) is 3.00. The first-order valence-corrected chi connectivity index (χ1v) is 7.82. The minimum absolute atomic E-state index is 0.0405. The number of rotatable bonds is 4. The zero-order chi connectivity index (χ0) is 20.5. The third-order valence-corrected chi connectivity index (χ3v) is 4.06. The second-order valence-corrected chi connectivity index (χ2v) is 6.05. The number of amides is 1. The van der Waals surface area contributed by atoms with Gasteiger partial charge in [-0.05, 0) is 18.6 Å². The van der Waals surface area contributed by atoms with Crippen LogP contribution in [0.1, 0.15) is 31.7 Å². The SMILES string of the molecule is [C-]#[N+]c1ccc(NC(=O)C2(CCC)CC(C(F)(F)F)N=N2)cc1C(F)(F)F. The van der Waals surface area contributed by atoms with Gasteiger partial charge in [0.2, 0.25) is 0 Å². The van der Waals surface area contributed by atoms with Crippen molar-refractivity contribution in [1.82, 2.24) is 0 Å². The number of nitrogens with one attached hydrogen (secondary N) is 1. The summed E-state index contributed by atoms with van der Waals surface area (Å²) in [5.74, 6) is -0.969. The van der Waals surface area contributed by atoms with Gasteiger partial charge in [0.05, 0.1) is 12.1 Å². The molecule has 1 aromatic carbocycles. The van der Waals surface area contributed by atoms with Crippen LogP contribution < -0.4 is 5.32 Å². The van der Waals surface area contributed by atoms with Gasteiger partial charge in [-0.15, -0.1) is 0 Å². The lowest BCUT2D eigenvalue weighted by atomic mass is 9.87. The average molecular weight is 392 g/mol. The highest BCUT2D eigenvalue weighted by Crippen LogP contribution is 2.41. The highest BCUT2D eigenvalue weighted by Gasteiger charge is 2.53. The quantitative estimate of drug-likeness (QED) is 0.532. The molecule has 1 aromatic rings. The van der Waals surface area contributed by atoms with Gasteiger partial charge in [0.1, 0.15) is 0 Å². The van der Waals surface area contributed by atoms with Crippen LogP contribution in [-0.4, -0.2) is 23.7 Å². The lowest BCUT2D eigenvalue weighted by Gasteiger charge is -2.24. The molecule has 0 aliphatic carbocycles. The second kappa shape index (κ2) is 7.17. The van der Waals surface area contributed by atoms with Gasteiger partial charge in [-0.1, -0.05) is 19.4 Å². The number of hydrogen-bond donors (Lipinski definition) is 1. The molecule has 2 rings (SSSR count). The summed E-state index contributed by atoms with van der Waals surface area (Å²) in [6, 6.07) is 0.392. The van der Waals surface area contributed by atoms with E-state index >= 15 is 0 Å². The Balaban J connectivity index is 2.30. The number of carbonyl (C=O) groups is 1. The molecule has 0 aromatic heterocycles. The van der Waals surface area contributed by atoms with Gasteiger partial charge in [0, 0.05) is 12.1 Å². The number of halogens is 6. The van der Waals surface area contributed by atoms with E-state index in [1.165, 1.54) is 0 Å². The van der Waals surface area contributed by atoms with Gasteiger partial charge in [0.15, 0.2) is 17.3 Å². The Hall–Kier alpha value is -2.64. The summed E-state index contributed by atoms with van der Waals surface area (Å²) in [5, 5.41) is 8.86. The van der Waals surface area contributed by atoms with Crippen LogP contribution in [0.15, 0.2) is 28.4 Å². The molecule has 0 saturated heterocycles. The Labute approximate surface area is 150 Å². The molecular weight excluding hydrogens is 378 g/mol. The lowest BCUT2D eigenvalue weighted by molar-refractivity contribution is -0.148. The molecule has 2 unspecified atom stereocenters. The molecule has 0 fully saturated rings. The fourth-order valence-corrected chi connectivity index (χ4v) is 2.77. The largest absolute Gasteiger partial charge is 0.412 e. The van der Waals surface area contributed by atoms with Crippen molar-refractivity contribution in [3.63, 3.8) is 0 Å². The van der Waals surface area contributed by atoms with Gasteiger partial charge in [0.25, 0.3) is 5.91 Å². The number of carbonyl (C=O) groups excluding carboxylic acids is 1. The van der Waals surface area contributed by atoms with Crippen molar-refractivity contribution in [2.24, 2.45) is 10.2 Å². The van der Waals surface area contributed by atoms with Gasteiger partial charge in [-0.25, -0.2) is 4.85 Å². The first kappa shape index (κ1) is 20.7. The Bertz CT molecular complexity index is 796. The Morgan fingerprint density at radius 1 is 1.33 bits per heavy atom. The van der Waals surface area contributed by atoms with Crippen molar-refractivity contribution in [3.05, 3.63) is 35.2 Å². The van der Waals surface area contributed by atoms with Crippen LogP contribution >= 0.6 is 0 Å². The molecule has 0 bridgehead atoms. The molecule has 0 radical (unpaired) electrons. The summed E-state index contributed by atoms with van der Waals surface area (Å²) in [6.45, 7) is 8.42. The normalized spacial score (nSPS) is 22.5. The monoisotopic (exact) mass is 392 g/mol. The van der Waals surface area contributed by atoms with Crippen molar-refractivity contribution in [2.75, 3.05) is 5.32 Å². The number of hydrogen-bond acceptors (Lipinski definition) is 3. The summed E-state index contributed by atoms with van der Waals surface area (Å²) < 4.78 is 77.6. The lowest BCUT2D eigenvalue weighted by Crippen LogP contribution is -2.42. The molecule has 1 aliphatic rings. The van der Waals surface area contributed by atoms with Crippen LogP contribution in [0.25, 0.3) is 4.85 Å². The molecule has 0 spiro atoms. The minimum Gasteiger partial charge on any atom is -0.324 e. The maximum absolute atomic E-state index is 13.0. The topological polar surface area (TPSA) is 58.2 Å². The van der Waals surface area contributed by atoms with E-state index in [1.54, 1.807) is 6.92 Å². The van der Waals surface area contributed by atoms with Crippen LogP contribution in [0, 0.1) is 6.57 Å². The molecule has 1 N–H and O–H groups in total. The second-order valence-electron chi connectivity index (χ2n) is 6.05. The predicted octanol–water partition coefficient (Wildman–Crippen LogP) is 5.52. The first-order valence-electron chi connectivity index (χ1n) is 7.82. The maximum Gasteiger partial charge on any atom is 0.412 e. The predicted molar refractivity (Wildman–Crippen MR) is 83.3 cm³/mol. The smallest absolute Gasteiger partial charge is 0.324 e. The molecule has 0 saturated carbocycles. The van der Waals surface area contributed by atoms with Gasteiger partial charge >= 0.3 is 12.4 Å². The zero-order valence-corrected chi connectivity index (χ0v) is 13.9. The molecule has 11 heteroatoms. The van der Waals surface area contributed by atoms with Crippen molar-refractivity contribution >= 4 is 17.3 Å². The van der Waals surface area contributed by atoms with E-state index in [9.17, 15) is 31.1 Å². The minimum atomic E-state index is -4.82. The Kier molecular flexibility index (Phi) is 5.49. The molecule has 2 atom stereocenters. The standard InChI is InChI=1S/C16H14F6N4O/c1-3-6-14(8-12(25-26-14)16(20,21)22)13(27)24-9-4-5-11(23-2)10(7-9)15(17,18)19/h4-5,7,12H,3,6,8H2,1H3,(H,24,27). The Morgan fingerprint density at radius 2 is 2.00 bits per heavy atom. The third kappa shape index (κ3) is 4.37. The number of azo groups is 1. The fraction of sp³-hybridized carbons (Fsp3) is 0.500. The molecule has 1 heterocycles. The molecular formula is C16H14F6N4O. The fourth-order valence-electron chi connectivity index (χ4n) is 2.77. The summed E-state index contributed by atoms with van der Waals surface area (Å²) in [4.78, 5) is 15.3. The Morgan fingerprint density at radius 3 is 2.48 bits per heavy atom. The third-order valence-electron chi connectivity index (χ3n) is 4.06. The maximum atomic E-state index is 13.0. The molecule has 5 nitrogen and oxygen atoms in total. The van der Waals surface area contributed by atoms with Gasteiger partial charge < -0.3 is 5.32 Å². The van der Waals surface area contributed by atoms with E-state index < -0.39 is 47.5 Å². The van der Waals surface area contributed by atoms with E-state index in [2.05, 4.69) is 20.4 Å². The highest BCUT2D eigenvalue weighted by atomic mass is 19.4. The number of alkyl halides is 6. The van der Waals surface area contributed by atoms with Crippen LogP contribution in [0.3, 0.4) is 0 Å². The number of anilines is 1. The first-order chi connectivity index (χ1) is 12.4. The van der Waals surface area contributed by atoms with E-state index in [0.717, 1.165) is 12.1 Å². The summed E-state index contributed by atoms with van der Waals surface area (Å²) in [5.41, 5.74) is -3.99. The van der Waals surface area contributed by atoms with Gasteiger partial charge in [-0.2, -0.15) is 36.6 Å². The van der Waals surface area contributed by atoms with Gasteiger partial charge in [-0.3, -0.25) is 4.79 Å². The van der Waals surface area contributed by atoms with E-state index in [-0.39, 0.29) is 12.1 Å². The summed E-state index contributed by atoms with van der Waals surface area (Å²) >= 11 is 0. The van der Waals surface area contributed by atoms with Crippen LogP contribution in [0.2, 0.25) is 0 Å². The van der Waals surface area contributed by atoms with E-state index in [0.29, 0.717) is 12.5 Å². The molecule has 1 amide bonds. The number of nitrogens with zero attached hydrogens (tertiary/aromatic N) is 3. The zero-order valence-electron chi connectivity index (χ0n) is 13.9. The number of benzene rings is 1. The van der Waals surface area contributed by atoms with Crippen LogP contribution in [-0.2, 0) is 11.0 Å². The van der Waals surface area contributed by atoms with E-state index in [4.69, 9.17) is 6.57 Å². The van der Waals surface area contributed by atoms with Crippen LogP contribution in [0.4, 0.5) is 37.7 Å². The highest BCUT2D eigenvalue weighted by molar-refractivity contribution is 5.98. The molecule has 1 aliphatic heterocycles. The van der Waals surface area contributed by atoms with Crippen molar-refractivity contribution in [3.8, 4) is 0 Å².